The first-order chi connectivity index (χ1) is 20.3. The molecule has 0 atom stereocenters. The molecule has 0 unspecified atom stereocenters. The van der Waals surface area contributed by atoms with E-state index in [1.165, 1.54) is 18.2 Å². The molecule has 7 nitrogen and oxygen atoms in total. The van der Waals surface area contributed by atoms with Crippen LogP contribution in [-0.2, 0) is 23.9 Å². The van der Waals surface area contributed by atoms with E-state index >= 15 is 4.39 Å². The van der Waals surface area contributed by atoms with Gasteiger partial charge in [-0.15, -0.1) is 11.8 Å². The molecule has 0 aliphatic heterocycles. The van der Waals surface area contributed by atoms with E-state index in [0.29, 0.717) is 37.2 Å². The third-order valence-corrected chi connectivity index (χ3v) is 8.18. The number of anilines is 1. The van der Waals surface area contributed by atoms with Crippen LogP contribution < -0.4 is 4.90 Å². The Balaban J connectivity index is 2.00. The second kappa shape index (κ2) is 17.1. The summed E-state index contributed by atoms with van der Waals surface area (Å²) in [5.74, 6) is -3.58. The van der Waals surface area contributed by atoms with Gasteiger partial charge in [0, 0.05) is 21.6 Å². The fraction of sp³-hybridized carbons (Fsp3) is 0.438. The highest BCUT2D eigenvalue weighted by atomic mass is 35.5. The van der Waals surface area contributed by atoms with Crippen LogP contribution in [0.2, 0.25) is 5.02 Å². The Morgan fingerprint density at radius 1 is 0.881 bits per heavy atom. The number of unbranched alkanes of at least 4 members (excludes halogenated alkanes) is 3. The van der Waals surface area contributed by atoms with Gasteiger partial charge in [0.1, 0.15) is 5.82 Å². The lowest BCUT2D eigenvalue weighted by Gasteiger charge is -2.26. The average molecular weight is 618 g/mol. The van der Waals surface area contributed by atoms with Gasteiger partial charge in [0.25, 0.3) is 11.8 Å². The number of thioether (sulfide) groups is 1. The van der Waals surface area contributed by atoms with Crippen molar-refractivity contribution in [2.75, 3.05) is 23.9 Å². The van der Waals surface area contributed by atoms with Crippen LogP contribution in [0.4, 0.5) is 10.1 Å². The monoisotopic (exact) mass is 617 g/mol. The second-order valence-corrected chi connectivity index (χ2v) is 11.3. The van der Waals surface area contributed by atoms with Crippen molar-refractivity contribution in [1.29, 1.82) is 0 Å². The molecule has 2 amide bonds. The zero-order valence-electron chi connectivity index (χ0n) is 24.1. The first kappa shape index (κ1) is 33.3. The fourth-order valence-corrected chi connectivity index (χ4v) is 5.50. The summed E-state index contributed by atoms with van der Waals surface area (Å²) in [6.07, 6.45) is 6.08. The SMILES string of the molecule is CCCCCOC(=O)C1=C(C(=O)N(C(=O)c2ccccc2)c2cc(SCC(=O)OCCCC)c(Cl)cc2F)CCCC1. The highest BCUT2D eigenvalue weighted by Crippen LogP contribution is 2.36. The first-order valence-electron chi connectivity index (χ1n) is 14.4. The van der Waals surface area contributed by atoms with E-state index in [1.807, 2.05) is 13.8 Å². The maximum absolute atomic E-state index is 15.5. The number of carbonyl (C=O) groups excluding carboxylic acids is 4. The van der Waals surface area contributed by atoms with E-state index in [2.05, 4.69) is 0 Å². The summed E-state index contributed by atoms with van der Waals surface area (Å²) in [4.78, 5) is 54.2. The van der Waals surface area contributed by atoms with Crippen molar-refractivity contribution >= 4 is 52.8 Å². The van der Waals surface area contributed by atoms with Gasteiger partial charge in [-0.1, -0.05) is 62.9 Å². The zero-order chi connectivity index (χ0) is 30.5. The van der Waals surface area contributed by atoms with Crippen molar-refractivity contribution in [3.63, 3.8) is 0 Å². The van der Waals surface area contributed by atoms with E-state index < -0.39 is 29.6 Å². The molecule has 3 rings (SSSR count). The number of rotatable bonds is 14. The average Bonchev–Trinajstić information content (AvgIpc) is 3.00. The van der Waals surface area contributed by atoms with Gasteiger partial charge in [0.05, 0.1) is 29.7 Å². The summed E-state index contributed by atoms with van der Waals surface area (Å²) >= 11 is 7.32. The van der Waals surface area contributed by atoms with Crippen molar-refractivity contribution in [2.45, 2.75) is 76.5 Å². The molecule has 2 aromatic rings. The van der Waals surface area contributed by atoms with Crippen LogP contribution in [0, 0.1) is 5.82 Å². The van der Waals surface area contributed by atoms with Crippen LogP contribution in [0.15, 0.2) is 58.5 Å². The first-order valence-corrected chi connectivity index (χ1v) is 15.7. The number of halogens is 2. The molecule has 0 aromatic heterocycles. The number of nitrogens with zero attached hydrogens (tertiary/aromatic N) is 1. The van der Waals surface area contributed by atoms with E-state index in [4.69, 9.17) is 21.1 Å². The largest absolute Gasteiger partial charge is 0.465 e. The molecular weight excluding hydrogens is 581 g/mol. The Hall–Kier alpha value is -3.17. The molecule has 0 fully saturated rings. The maximum atomic E-state index is 15.5. The van der Waals surface area contributed by atoms with Crippen LogP contribution in [0.1, 0.15) is 82.0 Å². The van der Waals surface area contributed by atoms with Gasteiger partial charge in [-0.3, -0.25) is 14.4 Å². The molecule has 0 radical (unpaired) electrons. The van der Waals surface area contributed by atoms with Gasteiger partial charge in [-0.25, -0.2) is 14.1 Å². The quantitative estimate of drug-likeness (QED) is 0.0929. The van der Waals surface area contributed by atoms with Gasteiger partial charge < -0.3 is 9.47 Å². The van der Waals surface area contributed by atoms with E-state index in [1.54, 1.807) is 18.2 Å². The zero-order valence-corrected chi connectivity index (χ0v) is 25.7. The molecule has 1 aliphatic rings. The van der Waals surface area contributed by atoms with Crippen LogP contribution >= 0.6 is 23.4 Å². The predicted molar refractivity (Wildman–Crippen MR) is 162 cm³/mol. The molecule has 42 heavy (non-hydrogen) atoms. The summed E-state index contributed by atoms with van der Waals surface area (Å²) in [6, 6.07) is 10.3. The fourth-order valence-electron chi connectivity index (χ4n) is 4.44. The van der Waals surface area contributed by atoms with Crippen molar-refractivity contribution in [2.24, 2.45) is 0 Å². The number of imide groups is 1. The Morgan fingerprint density at radius 2 is 1.55 bits per heavy atom. The molecule has 0 heterocycles. The van der Waals surface area contributed by atoms with Crippen LogP contribution in [0.3, 0.4) is 0 Å². The van der Waals surface area contributed by atoms with Gasteiger partial charge in [0.2, 0.25) is 0 Å². The van der Waals surface area contributed by atoms with Crippen molar-refractivity contribution in [1.82, 2.24) is 0 Å². The summed E-state index contributed by atoms with van der Waals surface area (Å²) < 4.78 is 26.2. The van der Waals surface area contributed by atoms with E-state index in [-0.39, 0.29) is 46.2 Å². The normalized spacial score (nSPS) is 13.0. The molecule has 0 bridgehead atoms. The molecular formula is C32H37ClFNO6S. The smallest absolute Gasteiger partial charge is 0.334 e. The number of benzene rings is 2. The minimum atomic E-state index is -0.896. The summed E-state index contributed by atoms with van der Waals surface area (Å²) in [7, 11) is 0. The molecule has 1 aliphatic carbocycles. The van der Waals surface area contributed by atoms with Crippen LogP contribution in [0.25, 0.3) is 0 Å². The summed E-state index contributed by atoms with van der Waals surface area (Å²) in [6.45, 7) is 4.55. The number of ether oxygens (including phenoxy) is 2. The Bertz CT molecular complexity index is 1300. The van der Waals surface area contributed by atoms with E-state index in [9.17, 15) is 19.2 Å². The summed E-state index contributed by atoms with van der Waals surface area (Å²) in [5.41, 5.74) is 0.185. The maximum Gasteiger partial charge on any atom is 0.334 e. The van der Waals surface area contributed by atoms with Gasteiger partial charge in [0.15, 0.2) is 0 Å². The van der Waals surface area contributed by atoms with Crippen molar-refractivity contribution < 1.29 is 33.0 Å². The summed E-state index contributed by atoms with van der Waals surface area (Å²) in [5, 5.41) is 0.0235. The van der Waals surface area contributed by atoms with Gasteiger partial charge in [-0.2, -0.15) is 0 Å². The molecule has 226 valence electrons. The highest BCUT2D eigenvalue weighted by Gasteiger charge is 2.34. The Kier molecular flexibility index (Phi) is 13.5. The number of hydrogen-bond acceptors (Lipinski definition) is 7. The molecule has 2 aromatic carbocycles. The third kappa shape index (κ3) is 9.16. The number of hydrogen-bond donors (Lipinski definition) is 0. The minimum absolute atomic E-state index is 0.0235. The van der Waals surface area contributed by atoms with Gasteiger partial charge in [-0.05, 0) is 62.8 Å². The third-order valence-electron chi connectivity index (χ3n) is 6.73. The molecule has 10 heteroatoms. The topological polar surface area (TPSA) is 90.0 Å². The Morgan fingerprint density at radius 3 is 2.24 bits per heavy atom. The number of carbonyl (C=O) groups is 4. The highest BCUT2D eigenvalue weighted by molar-refractivity contribution is 8.00. The van der Waals surface area contributed by atoms with Gasteiger partial charge >= 0.3 is 11.9 Å². The Labute approximate surface area is 255 Å². The lowest BCUT2D eigenvalue weighted by molar-refractivity contribution is -0.141. The number of esters is 2. The lowest BCUT2D eigenvalue weighted by atomic mass is 9.90. The van der Waals surface area contributed by atoms with Crippen molar-refractivity contribution in [3.8, 4) is 0 Å². The van der Waals surface area contributed by atoms with Crippen LogP contribution in [-0.4, -0.2) is 42.7 Å². The van der Waals surface area contributed by atoms with E-state index in [0.717, 1.165) is 48.4 Å². The molecule has 0 spiro atoms. The predicted octanol–water partition coefficient (Wildman–Crippen LogP) is 7.69. The molecule has 0 saturated heterocycles. The second-order valence-electron chi connectivity index (χ2n) is 9.92. The number of amides is 2. The molecule has 0 N–H and O–H groups in total. The minimum Gasteiger partial charge on any atom is -0.465 e. The molecule has 0 saturated carbocycles. The standard InChI is InChI=1S/C32H37ClFNO6S/c1-3-5-12-18-41-32(39)24-16-11-10-15-23(24)31(38)35(30(37)22-13-8-7-9-14-22)27-20-28(25(33)19-26(27)34)42-21-29(36)40-17-6-4-2/h7-9,13-14,19-20H,3-6,10-12,15-18,21H2,1-2H3. The van der Waals surface area contributed by atoms with Crippen LogP contribution in [0.5, 0.6) is 0 Å². The lowest BCUT2D eigenvalue weighted by Crippen LogP contribution is -2.40. The van der Waals surface area contributed by atoms with Crippen molar-refractivity contribution in [3.05, 3.63) is 70.0 Å².